The Kier molecular flexibility index (Phi) is 1.72. The highest BCUT2D eigenvalue weighted by Gasteiger charge is 2.56. The van der Waals surface area contributed by atoms with Gasteiger partial charge in [0.25, 0.3) is 0 Å². The third kappa shape index (κ3) is 0.962. The van der Waals surface area contributed by atoms with Crippen LogP contribution in [0.1, 0.15) is 32.1 Å². The van der Waals surface area contributed by atoms with E-state index in [-0.39, 0.29) is 0 Å². The molecule has 3 fully saturated rings. The van der Waals surface area contributed by atoms with Gasteiger partial charge in [0.1, 0.15) is 0 Å². The van der Waals surface area contributed by atoms with E-state index in [2.05, 4.69) is 5.32 Å². The van der Waals surface area contributed by atoms with Crippen molar-refractivity contribution in [2.24, 2.45) is 10.8 Å². The zero-order chi connectivity index (χ0) is 8.78. The van der Waals surface area contributed by atoms with E-state index in [4.69, 9.17) is 4.74 Å². The van der Waals surface area contributed by atoms with Crippen molar-refractivity contribution >= 4 is 0 Å². The fourth-order valence-corrected chi connectivity index (χ4v) is 3.64. The number of rotatable bonds is 0. The van der Waals surface area contributed by atoms with Crippen molar-refractivity contribution in [3.8, 4) is 0 Å². The zero-order valence-corrected chi connectivity index (χ0v) is 8.27. The lowest BCUT2D eigenvalue weighted by molar-refractivity contribution is -0.146. The van der Waals surface area contributed by atoms with E-state index in [9.17, 15) is 0 Å². The Morgan fingerprint density at radius 1 is 1.00 bits per heavy atom. The van der Waals surface area contributed by atoms with Crippen LogP contribution in [-0.4, -0.2) is 26.3 Å². The first-order valence-corrected chi connectivity index (χ1v) is 5.66. The van der Waals surface area contributed by atoms with Gasteiger partial charge in [0.2, 0.25) is 0 Å². The van der Waals surface area contributed by atoms with Crippen LogP contribution < -0.4 is 5.32 Å². The molecule has 2 saturated heterocycles. The van der Waals surface area contributed by atoms with Gasteiger partial charge in [0.05, 0.1) is 6.61 Å². The number of ether oxygens (including phenoxy) is 1. The molecule has 0 aromatic rings. The van der Waals surface area contributed by atoms with Gasteiger partial charge in [-0.3, -0.25) is 0 Å². The molecule has 1 unspecified atom stereocenters. The lowest BCUT2D eigenvalue weighted by Crippen LogP contribution is -2.54. The minimum atomic E-state index is 0.592. The quantitative estimate of drug-likeness (QED) is 0.612. The Labute approximate surface area is 80.0 Å². The number of hydrogen-bond acceptors (Lipinski definition) is 2. The van der Waals surface area contributed by atoms with Crippen molar-refractivity contribution in [1.82, 2.24) is 5.32 Å². The summed E-state index contributed by atoms with van der Waals surface area (Å²) in [5, 5.41) is 3.55. The molecule has 1 N–H and O–H groups in total. The fourth-order valence-electron chi connectivity index (χ4n) is 3.64. The highest BCUT2D eigenvalue weighted by Crippen LogP contribution is 2.60. The Morgan fingerprint density at radius 2 is 1.92 bits per heavy atom. The van der Waals surface area contributed by atoms with Crippen LogP contribution in [0, 0.1) is 10.8 Å². The molecule has 0 radical (unpaired) electrons. The molecule has 0 aromatic heterocycles. The summed E-state index contributed by atoms with van der Waals surface area (Å²) in [4.78, 5) is 0. The molecule has 1 saturated carbocycles. The third-order valence-corrected chi connectivity index (χ3v) is 4.78. The van der Waals surface area contributed by atoms with E-state index in [1.807, 2.05) is 0 Å². The molecule has 0 bridgehead atoms. The van der Waals surface area contributed by atoms with Gasteiger partial charge in [-0.1, -0.05) is 6.42 Å². The van der Waals surface area contributed by atoms with Crippen molar-refractivity contribution in [2.45, 2.75) is 32.1 Å². The third-order valence-electron chi connectivity index (χ3n) is 4.78. The topological polar surface area (TPSA) is 21.3 Å². The molecule has 0 aromatic carbocycles. The molecule has 3 aliphatic rings. The summed E-state index contributed by atoms with van der Waals surface area (Å²) in [6.07, 6.45) is 6.99. The molecule has 13 heavy (non-hydrogen) atoms. The second-order valence-electron chi connectivity index (χ2n) is 5.14. The minimum absolute atomic E-state index is 0.592. The highest BCUT2D eigenvalue weighted by molar-refractivity contribution is 5.07. The maximum atomic E-state index is 5.69. The molecule has 74 valence electrons. The molecule has 2 nitrogen and oxygen atoms in total. The van der Waals surface area contributed by atoms with Crippen LogP contribution in [0.25, 0.3) is 0 Å². The Balaban J connectivity index is 1.89. The Hall–Kier alpha value is -0.0800. The standard InChI is InChI=1S/C11H19NO/c1-2-11(3-1)9-13-7-5-10(11)4-6-12-8-10/h12H,1-9H2. The lowest BCUT2D eigenvalue weighted by atomic mass is 9.51. The van der Waals surface area contributed by atoms with E-state index in [1.54, 1.807) is 0 Å². The Morgan fingerprint density at radius 3 is 2.54 bits per heavy atom. The molecule has 1 atom stereocenters. The number of fused-ring (bicyclic) bond motifs is 1. The summed E-state index contributed by atoms with van der Waals surface area (Å²) >= 11 is 0. The van der Waals surface area contributed by atoms with Crippen LogP contribution in [0.2, 0.25) is 0 Å². The predicted molar refractivity (Wildman–Crippen MR) is 51.6 cm³/mol. The molecule has 2 spiro atoms. The monoisotopic (exact) mass is 181 g/mol. The van der Waals surface area contributed by atoms with E-state index < -0.39 is 0 Å². The largest absolute Gasteiger partial charge is 0.381 e. The molecule has 1 aliphatic carbocycles. The van der Waals surface area contributed by atoms with Crippen LogP contribution in [0.15, 0.2) is 0 Å². The van der Waals surface area contributed by atoms with Crippen molar-refractivity contribution in [3.05, 3.63) is 0 Å². The van der Waals surface area contributed by atoms with Crippen molar-refractivity contribution in [1.29, 1.82) is 0 Å². The predicted octanol–water partition coefficient (Wildman–Crippen LogP) is 1.56. The van der Waals surface area contributed by atoms with Gasteiger partial charge in [0, 0.05) is 18.6 Å². The van der Waals surface area contributed by atoms with Gasteiger partial charge in [-0.25, -0.2) is 0 Å². The van der Waals surface area contributed by atoms with E-state index in [1.165, 1.54) is 45.2 Å². The van der Waals surface area contributed by atoms with Gasteiger partial charge in [-0.15, -0.1) is 0 Å². The van der Waals surface area contributed by atoms with Crippen LogP contribution in [0.3, 0.4) is 0 Å². The van der Waals surface area contributed by atoms with Gasteiger partial charge in [-0.2, -0.15) is 0 Å². The van der Waals surface area contributed by atoms with E-state index in [0.29, 0.717) is 10.8 Å². The molecule has 3 rings (SSSR count). The summed E-state index contributed by atoms with van der Waals surface area (Å²) in [6, 6.07) is 0. The average Bonchev–Trinajstić information content (AvgIpc) is 2.52. The smallest absolute Gasteiger partial charge is 0.0528 e. The summed E-state index contributed by atoms with van der Waals surface area (Å²) < 4.78 is 5.69. The van der Waals surface area contributed by atoms with Gasteiger partial charge in [0.15, 0.2) is 0 Å². The maximum Gasteiger partial charge on any atom is 0.0528 e. The highest BCUT2D eigenvalue weighted by atomic mass is 16.5. The van der Waals surface area contributed by atoms with Gasteiger partial charge >= 0.3 is 0 Å². The summed E-state index contributed by atoms with van der Waals surface area (Å²) in [5.74, 6) is 0. The second-order valence-corrected chi connectivity index (χ2v) is 5.14. The minimum Gasteiger partial charge on any atom is -0.381 e. The lowest BCUT2D eigenvalue weighted by Gasteiger charge is -2.57. The molecule has 2 aliphatic heterocycles. The SMILES string of the molecule is C1CC2(C1)COCCC21CCNC1. The maximum absolute atomic E-state index is 5.69. The van der Waals surface area contributed by atoms with Crippen molar-refractivity contribution in [3.63, 3.8) is 0 Å². The molecular weight excluding hydrogens is 162 g/mol. The molecule has 2 heteroatoms. The van der Waals surface area contributed by atoms with Gasteiger partial charge in [-0.05, 0) is 37.6 Å². The van der Waals surface area contributed by atoms with E-state index in [0.717, 1.165) is 13.2 Å². The summed E-state index contributed by atoms with van der Waals surface area (Å²) in [6.45, 7) is 4.55. The summed E-state index contributed by atoms with van der Waals surface area (Å²) in [5.41, 5.74) is 1.22. The van der Waals surface area contributed by atoms with Crippen LogP contribution in [0.4, 0.5) is 0 Å². The van der Waals surface area contributed by atoms with Crippen LogP contribution >= 0.6 is 0 Å². The zero-order valence-electron chi connectivity index (χ0n) is 8.27. The van der Waals surface area contributed by atoms with E-state index >= 15 is 0 Å². The Bertz CT molecular complexity index is 204. The van der Waals surface area contributed by atoms with Gasteiger partial charge < -0.3 is 10.1 Å². The molecule has 2 heterocycles. The average molecular weight is 181 g/mol. The summed E-state index contributed by atoms with van der Waals surface area (Å²) in [7, 11) is 0. The van der Waals surface area contributed by atoms with Crippen LogP contribution in [-0.2, 0) is 4.74 Å². The number of nitrogens with one attached hydrogen (secondary N) is 1. The van der Waals surface area contributed by atoms with Crippen molar-refractivity contribution in [2.75, 3.05) is 26.3 Å². The number of hydrogen-bond donors (Lipinski definition) is 1. The fraction of sp³-hybridized carbons (Fsp3) is 1.00. The molecular formula is C11H19NO. The first-order valence-electron chi connectivity index (χ1n) is 5.66. The molecule has 0 amide bonds. The first kappa shape index (κ1) is 8.25. The van der Waals surface area contributed by atoms with Crippen molar-refractivity contribution < 1.29 is 4.74 Å². The first-order chi connectivity index (χ1) is 6.37. The second kappa shape index (κ2) is 2.71. The van der Waals surface area contributed by atoms with Crippen LogP contribution in [0.5, 0.6) is 0 Å². The normalized spacial score (nSPS) is 42.5.